The monoisotopic (exact) mass is 344 g/mol. The molecule has 1 aromatic carbocycles. The summed E-state index contributed by atoms with van der Waals surface area (Å²) in [7, 11) is 1.97. The van der Waals surface area contributed by atoms with Crippen LogP contribution >= 0.6 is 0 Å². The summed E-state index contributed by atoms with van der Waals surface area (Å²) in [6.07, 6.45) is 3.71. The van der Waals surface area contributed by atoms with Crippen LogP contribution in [0.1, 0.15) is 5.56 Å². The third kappa shape index (κ3) is 3.19. The lowest BCUT2D eigenvalue weighted by molar-refractivity contribution is 0.404. The number of sulfonamides is 1. The van der Waals surface area contributed by atoms with Crippen LogP contribution in [-0.4, -0.2) is 44.4 Å². The number of H-pyrrole nitrogens is 1. The number of hydrogen-bond acceptors (Lipinski definition) is 4. The molecule has 3 aromatic rings. The molecule has 6 nitrogen and oxygen atoms in total. The summed E-state index contributed by atoms with van der Waals surface area (Å²) in [6, 6.07) is 8.90. The van der Waals surface area contributed by atoms with Crippen molar-refractivity contribution in [2.75, 3.05) is 21.1 Å². The molecule has 7 heteroatoms. The summed E-state index contributed by atoms with van der Waals surface area (Å²) in [5.41, 5.74) is 3.69. The molecule has 0 aliphatic rings. The fraction of sp³-hybridized carbons (Fsp3) is 0.235. The minimum absolute atomic E-state index is 0.241. The smallest absolute Gasteiger partial charge is 0.240 e. The second-order valence-electron chi connectivity index (χ2n) is 5.91. The van der Waals surface area contributed by atoms with E-state index in [0.717, 1.165) is 34.3 Å². The summed E-state index contributed by atoms with van der Waals surface area (Å²) in [5, 5.41) is 1.04. The molecule has 0 saturated heterocycles. The number of benzene rings is 1. The van der Waals surface area contributed by atoms with Gasteiger partial charge in [-0.2, -0.15) is 0 Å². The number of nitrogens with zero attached hydrogens (tertiary/aromatic N) is 2. The summed E-state index contributed by atoms with van der Waals surface area (Å²) >= 11 is 0. The molecule has 2 N–H and O–H groups in total. The minimum Gasteiger partial charge on any atom is -0.346 e. The van der Waals surface area contributed by atoms with Crippen molar-refractivity contribution in [3.8, 4) is 11.1 Å². The molecule has 24 heavy (non-hydrogen) atoms. The summed E-state index contributed by atoms with van der Waals surface area (Å²) in [5.74, 6) is 0. The zero-order valence-corrected chi connectivity index (χ0v) is 14.7. The molecule has 0 amide bonds. The molecule has 2 heterocycles. The van der Waals surface area contributed by atoms with Crippen LogP contribution < -0.4 is 4.72 Å². The van der Waals surface area contributed by atoms with E-state index in [0.29, 0.717) is 0 Å². The Morgan fingerprint density at radius 1 is 1.21 bits per heavy atom. The zero-order chi connectivity index (χ0) is 17.3. The lowest BCUT2D eigenvalue weighted by Gasteiger charge is -2.09. The molecule has 0 atom stereocenters. The predicted molar refractivity (Wildman–Crippen MR) is 95.2 cm³/mol. The van der Waals surface area contributed by atoms with E-state index < -0.39 is 10.0 Å². The molecule has 0 aliphatic heterocycles. The van der Waals surface area contributed by atoms with Crippen LogP contribution in [0.15, 0.2) is 47.6 Å². The van der Waals surface area contributed by atoms with Crippen LogP contribution in [0.4, 0.5) is 0 Å². The number of aromatic nitrogens is 2. The largest absolute Gasteiger partial charge is 0.346 e. The highest BCUT2D eigenvalue weighted by Crippen LogP contribution is 2.26. The van der Waals surface area contributed by atoms with Crippen molar-refractivity contribution in [3.05, 3.63) is 48.3 Å². The van der Waals surface area contributed by atoms with E-state index in [1.165, 1.54) is 7.05 Å². The van der Waals surface area contributed by atoms with Crippen LogP contribution in [0.2, 0.25) is 0 Å². The third-order valence-electron chi connectivity index (χ3n) is 3.85. The first-order valence-corrected chi connectivity index (χ1v) is 9.04. The van der Waals surface area contributed by atoms with E-state index >= 15 is 0 Å². The van der Waals surface area contributed by atoms with Gasteiger partial charge in [0.1, 0.15) is 5.65 Å². The fourth-order valence-electron chi connectivity index (χ4n) is 2.65. The van der Waals surface area contributed by atoms with Crippen LogP contribution in [0.5, 0.6) is 0 Å². The Morgan fingerprint density at radius 3 is 2.71 bits per heavy atom. The van der Waals surface area contributed by atoms with Crippen LogP contribution in [0.3, 0.4) is 0 Å². The summed E-state index contributed by atoms with van der Waals surface area (Å²) < 4.78 is 26.3. The molecule has 0 unspecified atom stereocenters. The summed E-state index contributed by atoms with van der Waals surface area (Å²) in [6.45, 7) is 0.805. The fourth-order valence-corrected chi connectivity index (χ4v) is 3.42. The van der Waals surface area contributed by atoms with Gasteiger partial charge in [-0.05, 0) is 50.5 Å². The van der Waals surface area contributed by atoms with E-state index in [4.69, 9.17) is 0 Å². The highest BCUT2D eigenvalue weighted by molar-refractivity contribution is 7.89. The van der Waals surface area contributed by atoms with Gasteiger partial charge < -0.3 is 9.88 Å². The molecule has 2 aromatic heterocycles. The van der Waals surface area contributed by atoms with E-state index in [1.54, 1.807) is 24.4 Å². The topological polar surface area (TPSA) is 78.1 Å². The first-order chi connectivity index (χ1) is 11.4. The molecule has 3 rings (SSSR count). The van der Waals surface area contributed by atoms with Crippen LogP contribution in [0.25, 0.3) is 22.2 Å². The van der Waals surface area contributed by atoms with Crippen molar-refractivity contribution in [2.45, 2.75) is 11.4 Å². The highest BCUT2D eigenvalue weighted by Gasteiger charge is 2.13. The van der Waals surface area contributed by atoms with Gasteiger partial charge in [0.15, 0.2) is 0 Å². The van der Waals surface area contributed by atoms with Gasteiger partial charge in [0.25, 0.3) is 0 Å². The Labute approximate surface area is 141 Å². The number of aromatic amines is 1. The number of fused-ring (bicyclic) bond motifs is 1. The third-order valence-corrected chi connectivity index (χ3v) is 5.26. The maximum atomic E-state index is 12.0. The van der Waals surface area contributed by atoms with E-state index in [9.17, 15) is 8.42 Å². The Kier molecular flexibility index (Phi) is 4.40. The average Bonchev–Trinajstić information content (AvgIpc) is 2.96. The van der Waals surface area contributed by atoms with Gasteiger partial charge in [0.05, 0.1) is 4.90 Å². The van der Waals surface area contributed by atoms with E-state index in [-0.39, 0.29) is 4.90 Å². The van der Waals surface area contributed by atoms with Crippen molar-refractivity contribution in [2.24, 2.45) is 0 Å². The Hall–Kier alpha value is -2.22. The second-order valence-corrected chi connectivity index (χ2v) is 7.79. The van der Waals surface area contributed by atoms with Crippen LogP contribution in [0, 0.1) is 0 Å². The molecule has 0 fully saturated rings. The standard InChI is InChI=1S/C17H20N4O2S/c1-18-24(22,23)15-6-4-5-12(7-15)13-8-16-14(11-21(2)3)10-20-17(16)19-9-13/h4-10,18H,11H2,1-3H3,(H,19,20). The molecular weight excluding hydrogens is 324 g/mol. The normalized spacial score (nSPS) is 12.2. The van der Waals surface area contributed by atoms with Gasteiger partial charge in [-0.1, -0.05) is 12.1 Å². The van der Waals surface area contributed by atoms with Crippen molar-refractivity contribution >= 4 is 21.1 Å². The number of rotatable bonds is 5. The second kappa shape index (κ2) is 6.35. The lowest BCUT2D eigenvalue weighted by atomic mass is 10.1. The van der Waals surface area contributed by atoms with E-state index in [2.05, 4.69) is 19.6 Å². The minimum atomic E-state index is -3.47. The summed E-state index contributed by atoms with van der Waals surface area (Å²) in [4.78, 5) is 9.97. The van der Waals surface area contributed by atoms with Crippen molar-refractivity contribution < 1.29 is 8.42 Å². The molecule has 126 valence electrons. The zero-order valence-electron chi connectivity index (χ0n) is 13.9. The maximum absolute atomic E-state index is 12.0. The van der Waals surface area contributed by atoms with Gasteiger partial charge in [0, 0.05) is 29.9 Å². The first kappa shape index (κ1) is 16.6. The first-order valence-electron chi connectivity index (χ1n) is 7.55. The van der Waals surface area contributed by atoms with Crippen molar-refractivity contribution in [1.82, 2.24) is 19.6 Å². The van der Waals surface area contributed by atoms with Crippen LogP contribution in [-0.2, 0) is 16.6 Å². The molecule has 0 spiro atoms. The van der Waals surface area contributed by atoms with Crippen molar-refractivity contribution in [3.63, 3.8) is 0 Å². The molecular formula is C17H20N4O2S. The molecule has 0 saturated carbocycles. The maximum Gasteiger partial charge on any atom is 0.240 e. The Morgan fingerprint density at radius 2 is 2.00 bits per heavy atom. The van der Waals surface area contributed by atoms with Gasteiger partial charge in [-0.3, -0.25) is 0 Å². The number of nitrogens with one attached hydrogen (secondary N) is 2. The number of hydrogen-bond donors (Lipinski definition) is 2. The Bertz CT molecular complexity index is 977. The van der Waals surface area contributed by atoms with Gasteiger partial charge in [-0.25, -0.2) is 18.1 Å². The predicted octanol–water partition coefficient (Wildman–Crippen LogP) is 2.20. The Balaban J connectivity index is 2.08. The highest BCUT2D eigenvalue weighted by atomic mass is 32.2. The van der Waals surface area contributed by atoms with E-state index in [1.807, 2.05) is 32.4 Å². The van der Waals surface area contributed by atoms with Gasteiger partial charge in [-0.15, -0.1) is 0 Å². The average molecular weight is 344 g/mol. The SMILES string of the molecule is CNS(=O)(=O)c1cccc(-c2cnc3[nH]cc(CN(C)C)c3c2)c1. The molecule has 0 radical (unpaired) electrons. The molecule has 0 bridgehead atoms. The molecule has 0 aliphatic carbocycles. The van der Waals surface area contributed by atoms with Gasteiger partial charge >= 0.3 is 0 Å². The van der Waals surface area contributed by atoms with Crippen molar-refractivity contribution in [1.29, 1.82) is 0 Å². The number of pyridine rings is 1. The quantitative estimate of drug-likeness (QED) is 0.744. The lowest BCUT2D eigenvalue weighted by Crippen LogP contribution is -2.18. The van der Waals surface area contributed by atoms with Gasteiger partial charge in [0.2, 0.25) is 10.0 Å².